The van der Waals surface area contributed by atoms with Crippen LogP contribution in [-0.4, -0.2) is 487 Å². The lowest BCUT2D eigenvalue weighted by Crippen LogP contribution is -2.71. The van der Waals surface area contributed by atoms with Crippen molar-refractivity contribution in [2.75, 3.05) is 59.5 Å². The Hall–Kier alpha value is -3.80. The zero-order valence-electron chi connectivity index (χ0n) is 60.1. The molecule has 0 spiro atoms. The quantitative estimate of drug-likeness (QED) is 0.0331. The van der Waals surface area contributed by atoms with Crippen LogP contribution in [0.1, 0.15) is 27.7 Å². The predicted octanol–water partition coefficient (Wildman–Crippen LogP) is -20.1. The highest BCUT2D eigenvalue weighted by Gasteiger charge is 2.61. The van der Waals surface area contributed by atoms with E-state index < -0.39 is 359 Å². The molecule has 9 heterocycles. The largest absolute Gasteiger partial charge is 0.394 e. The normalized spacial score (nSPS) is 48.9. The first kappa shape index (κ1) is 92.1. The molecule has 112 heavy (non-hydrogen) atoms. The minimum atomic E-state index is -2.68. The number of hydrogen-bond acceptors (Lipinski definition) is 46. The highest BCUT2D eigenvalue weighted by Crippen LogP contribution is 2.40. The molecule has 9 aliphatic heterocycles. The molecular weight excluding hydrogens is 1540 g/mol. The zero-order chi connectivity index (χ0) is 82.5. The highest BCUT2D eigenvalue weighted by molar-refractivity contribution is 5.74. The Labute approximate surface area is 634 Å². The van der Waals surface area contributed by atoms with Gasteiger partial charge in [0, 0.05) is 27.7 Å². The van der Waals surface area contributed by atoms with Gasteiger partial charge in [0.15, 0.2) is 56.6 Å². The number of hydrogen-bond donors (Lipinski definition) is 29. The topological polar surface area (TPSA) is 779 Å². The third kappa shape index (κ3) is 20.4. The van der Waals surface area contributed by atoms with Crippen LogP contribution in [0.15, 0.2) is 0 Å². The molecule has 9 saturated heterocycles. The molecule has 0 radical (unpaired) electrons. The second kappa shape index (κ2) is 40.3. The Kier molecular flexibility index (Phi) is 33.1. The van der Waals surface area contributed by atoms with E-state index in [4.69, 9.17) is 80.5 Å². The number of carbonyl (C=O) groups is 4. The minimum absolute atomic E-state index is 0.802. The second-order valence-corrected chi connectivity index (χ2v) is 28.2. The van der Waals surface area contributed by atoms with Gasteiger partial charge in [-0.05, 0) is 0 Å². The van der Waals surface area contributed by atoms with E-state index in [1.807, 2.05) is 0 Å². The second-order valence-electron chi connectivity index (χ2n) is 28.2. The van der Waals surface area contributed by atoms with Gasteiger partial charge in [0.1, 0.15) is 219 Å². The lowest BCUT2D eigenvalue weighted by molar-refractivity contribution is -0.404. The average molecular weight is 1640 g/mol. The Morgan fingerprint density at radius 3 is 0.938 bits per heavy atom. The van der Waals surface area contributed by atoms with Crippen LogP contribution in [-0.2, 0) is 99.7 Å². The first-order chi connectivity index (χ1) is 53.0. The van der Waals surface area contributed by atoms with Crippen molar-refractivity contribution in [2.45, 2.75) is 304 Å². The van der Waals surface area contributed by atoms with Gasteiger partial charge in [-0.1, -0.05) is 0 Å². The zero-order valence-corrected chi connectivity index (χ0v) is 60.1. The molecule has 9 rings (SSSR count). The van der Waals surface area contributed by atoms with Crippen molar-refractivity contribution < 1.29 is 227 Å². The fraction of sp³-hybridized carbons (Fsp3) is 0.935. The lowest BCUT2D eigenvalue weighted by Gasteiger charge is -2.52. The van der Waals surface area contributed by atoms with Gasteiger partial charge >= 0.3 is 0 Å². The molecule has 0 aromatic rings. The van der Waals surface area contributed by atoms with E-state index in [1.54, 1.807) is 0 Å². The number of carbonyl (C=O) groups excluding carboxylic acids is 4. The summed E-state index contributed by atoms with van der Waals surface area (Å²) in [5.41, 5.74) is 0. The van der Waals surface area contributed by atoms with Gasteiger partial charge in [-0.25, -0.2) is 0 Å². The molecule has 50 nitrogen and oxygen atoms in total. The highest BCUT2D eigenvalue weighted by atomic mass is 16.8. The van der Waals surface area contributed by atoms with Gasteiger partial charge in [0.2, 0.25) is 23.6 Å². The summed E-state index contributed by atoms with van der Waals surface area (Å²) in [4.78, 5) is 50.8. The van der Waals surface area contributed by atoms with Crippen LogP contribution >= 0.6 is 0 Å². The molecule has 9 aliphatic rings. The van der Waals surface area contributed by atoms with E-state index in [0.717, 1.165) is 27.7 Å². The Bertz CT molecular complexity index is 2970. The maximum absolute atomic E-state index is 13.1. The Balaban J connectivity index is 1.15. The van der Waals surface area contributed by atoms with E-state index in [1.165, 1.54) is 0 Å². The van der Waals surface area contributed by atoms with Crippen molar-refractivity contribution in [2.24, 2.45) is 0 Å². The van der Waals surface area contributed by atoms with Gasteiger partial charge in [-0.3, -0.25) is 19.2 Å². The summed E-state index contributed by atoms with van der Waals surface area (Å²) in [7, 11) is 0. The molecule has 45 atom stereocenters. The summed E-state index contributed by atoms with van der Waals surface area (Å²) in [5, 5.41) is 288. The molecular formula is C62H104N4O46. The summed E-state index contributed by atoms with van der Waals surface area (Å²) < 4.78 is 102. The average Bonchev–Trinajstić information content (AvgIpc) is 0.759. The summed E-state index contributed by atoms with van der Waals surface area (Å²) in [5.74, 6) is -3.62. The van der Waals surface area contributed by atoms with Crippen LogP contribution in [0.3, 0.4) is 0 Å². The van der Waals surface area contributed by atoms with Crippen LogP contribution in [0, 0.1) is 0 Å². The van der Waals surface area contributed by atoms with Gasteiger partial charge in [0.25, 0.3) is 0 Å². The van der Waals surface area contributed by atoms with Crippen molar-refractivity contribution >= 4 is 23.6 Å². The summed E-state index contributed by atoms with van der Waals surface area (Å²) in [6.45, 7) is -6.21. The Morgan fingerprint density at radius 2 is 0.491 bits per heavy atom. The standard InChI is InChI=1S/C62H104N4O46/c1-14(74)63-27-39(86)48(23(10-72)98-54(27)95)107-57-30(66-17(4)77)40(87)49(24(11-73)104-57)108-62-47(94)53(112-61-46(93)51(35(82)22(9-71)103-61)110-56-29(65-16(3)76)38(85)32(79)19(6-68)100-56)50(109-55-28(64-15(2)75)37(84)31(78)18(5-67)99-55)26(106-62)13-97-59-45(92)52(111-60-44(91)42(89)34(81)21(8-70)102-60)36(83)25(105-59)12-96-58-43(90)41(88)33(80)20(7-69)101-58/h18-62,67-73,78-95H,5-13H2,1-4H3,(H,63,74)(H,64,75)(H,65,76)(H,66,77)/t18-,19-,20-,21-,22-,23-,24-,25-,26-,27-,28+,29-,30-,31-,32-,33-,34-,35-,36-,37-,38-,39-,40-,41+,42+,43+,44+,45+,46+,47+,48-,49-,50-,51+,52+,53-,54?,55+,56+,57+,58+,59+,60-,61-,62+/m1/s1. The predicted molar refractivity (Wildman–Crippen MR) is 343 cm³/mol. The Morgan fingerprint density at radius 1 is 0.232 bits per heavy atom. The van der Waals surface area contributed by atoms with Crippen LogP contribution in [0.5, 0.6) is 0 Å². The third-order valence-electron chi connectivity index (χ3n) is 20.3. The molecule has 4 amide bonds. The molecule has 50 heteroatoms. The summed E-state index contributed by atoms with van der Waals surface area (Å²) in [6, 6.07) is -7.42. The SMILES string of the molecule is CC(=O)N[C@@H]1[C@H](O[C@H]2[C@H](O[C@H]3O[C@H](CO)[C@@H](O)[C@H](O[C@@H]4O[C@H](CO)[C@@H](O)[C@H](O)[C@H]4NC(C)=O)[C@@H]3O)[C@H](O)[C@H](O[C@H]3[C@H](O)[C@@H](NC(C)=O)[C@H](O[C@H]4[C@H](O)[C@@H](NC(C)=O)C(O)O[C@@H]4CO)O[C@@H]3CO)O[C@@H]2CO[C@H]2O[C@H](CO[C@H]3O[C@H](CO)[C@@H](O)[C@H](O)[C@@H]3O)[C@@H](O)[C@H](O[C@H]3O[C@H](CO)[C@@H](O)[C@H](O)[C@@H]3O)[C@@H]2O)O[C@H](CO)[C@@H](O)[C@@H]1O. The van der Waals surface area contributed by atoms with Crippen molar-refractivity contribution in [1.82, 2.24) is 21.3 Å². The van der Waals surface area contributed by atoms with Crippen LogP contribution in [0.2, 0.25) is 0 Å². The van der Waals surface area contributed by atoms with E-state index in [-0.39, 0.29) is 0 Å². The van der Waals surface area contributed by atoms with Crippen molar-refractivity contribution in [3.05, 3.63) is 0 Å². The number of rotatable bonds is 29. The van der Waals surface area contributed by atoms with E-state index in [0.29, 0.717) is 0 Å². The van der Waals surface area contributed by atoms with Crippen molar-refractivity contribution in [3.8, 4) is 0 Å². The lowest BCUT2D eigenvalue weighted by atomic mass is 9.93. The van der Waals surface area contributed by atoms with Gasteiger partial charge in [-0.15, -0.1) is 0 Å². The van der Waals surface area contributed by atoms with E-state index >= 15 is 0 Å². The molecule has 648 valence electrons. The van der Waals surface area contributed by atoms with Gasteiger partial charge in [-0.2, -0.15) is 0 Å². The molecule has 29 N–H and O–H groups in total. The molecule has 0 aromatic heterocycles. The van der Waals surface area contributed by atoms with Crippen LogP contribution in [0.4, 0.5) is 0 Å². The number of nitrogens with one attached hydrogen (secondary N) is 4. The van der Waals surface area contributed by atoms with Crippen molar-refractivity contribution in [3.63, 3.8) is 0 Å². The van der Waals surface area contributed by atoms with Gasteiger partial charge in [0.05, 0.1) is 59.5 Å². The van der Waals surface area contributed by atoms with Crippen molar-refractivity contribution in [1.29, 1.82) is 0 Å². The van der Waals surface area contributed by atoms with Crippen LogP contribution < -0.4 is 21.3 Å². The summed E-state index contributed by atoms with van der Waals surface area (Å²) in [6.07, 6.45) is -87.6. The molecule has 1 unspecified atom stereocenters. The fourth-order valence-corrected chi connectivity index (χ4v) is 14.4. The van der Waals surface area contributed by atoms with Crippen LogP contribution in [0.25, 0.3) is 0 Å². The van der Waals surface area contributed by atoms with E-state index in [9.17, 15) is 147 Å². The molecule has 9 fully saturated rings. The minimum Gasteiger partial charge on any atom is -0.394 e. The smallest absolute Gasteiger partial charge is 0.217 e. The summed E-state index contributed by atoms with van der Waals surface area (Å²) >= 11 is 0. The first-order valence-corrected chi connectivity index (χ1v) is 35.6. The first-order valence-electron chi connectivity index (χ1n) is 35.6. The molecule has 0 aromatic carbocycles. The molecule has 0 saturated carbocycles. The molecule has 0 aliphatic carbocycles. The molecule has 0 bridgehead atoms. The third-order valence-corrected chi connectivity index (χ3v) is 20.3. The van der Waals surface area contributed by atoms with E-state index in [2.05, 4.69) is 21.3 Å². The maximum atomic E-state index is 13.1. The number of aliphatic hydroxyl groups is 25. The number of amides is 4. The fourth-order valence-electron chi connectivity index (χ4n) is 14.4. The number of aliphatic hydroxyl groups excluding tert-OH is 25. The monoisotopic (exact) mass is 1640 g/mol. The number of ether oxygens (including phenoxy) is 17. The van der Waals surface area contributed by atoms with Gasteiger partial charge < -0.3 is 229 Å². The maximum Gasteiger partial charge on any atom is 0.217 e.